The van der Waals surface area contributed by atoms with E-state index in [0.717, 1.165) is 24.2 Å². The van der Waals surface area contributed by atoms with Gasteiger partial charge in [0.1, 0.15) is 0 Å². The Morgan fingerprint density at radius 1 is 1.04 bits per heavy atom. The molecule has 1 amide bonds. The van der Waals surface area contributed by atoms with Crippen LogP contribution in [0.4, 0.5) is 5.69 Å². The Kier molecular flexibility index (Phi) is 4.56. The summed E-state index contributed by atoms with van der Waals surface area (Å²) in [5.74, 6) is 0. The first kappa shape index (κ1) is 15.7. The summed E-state index contributed by atoms with van der Waals surface area (Å²) in [5.41, 5.74) is 2.96. The highest BCUT2D eigenvalue weighted by molar-refractivity contribution is 5.68. The fourth-order valence-corrected chi connectivity index (χ4v) is 2.72. The predicted molar refractivity (Wildman–Crippen MR) is 90.7 cm³/mol. The molecular formula is C18H17N3O3. The summed E-state index contributed by atoms with van der Waals surface area (Å²) in [5, 5.41) is 10.8. The lowest BCUT2D eigenvalue weighted by atomic mass is 10.1. The lowest BCUT2D eigenvalue weighted by Crippen LogP contribution is -2.36. The maximum atomic E-state index is 11.1. The molecule has 0 saturated carbocycles. The summed E-state index contributed by atoms with van der Waals surface area (Å²) in [6.45, 7) is 2.04. The standard InChI is InChI=1S/C18H17N3O3/c22-14-19-10-11-20(12-15-4-2-1-3-5-15)18(13-19)16-6-8-17(9-7-16)21(23)24/h1-9,13-14H,10-12H2. The lowest BCUT2D eigenvalue weighted by molar-refractivity contribution is -0.384. The van der Waals surface area contributed by atoms with Crippen LogP contribution < -0.4 is 0 Å². The van der Waals surface area contributed by atoms with Crippen molar-refractivity contribution in [1.29, 1.82) is 0 Å². The van der Waals surface area contributed by atoms with Crippen LogP contribution in [0.2, 0.25) is 0 Å². The van der Waals surface area contributed by atoms with Gasteiger partial charge >= 0.3 is 0 Å². The molecule has 0 radical (unpaired) electrons. The van der Waals surface area contributed by atoms with E-state index < -0.39 is 4.92 Å². The maximum absolute atomic E-state index is 11.1. The van der Waals surface area contributed by atoms with Crippen LogP contribution in [0, 0.1) is 10.1 Å². The number of benzene rings is 2. The highest BCUT2D eigenvalue weighted by atomic mass is 16.6. The first-order valence-electron chi connectivity index (χ1n) is 7.64. The van der Waals surface area contributed by atoms with Gasteiger partial charge in [-0.1, -0.05) is 30.3 Å². The Bertz CT molecular complexity index is 757. The maximum Gasteiger partial charge on any atom is 0.269 e. The van der Waals surface area contributed by atoms with Gasteiger partial charge in [0.05, 0.1) is 10.6 Å². The lowest BCUT2D eigenvalue weighted by Gasteiger charge is -2.34. The van der Waals surface area contributed by atoms with Gasteiger partial charge in [-0.3, -0.25) is 14.9 Å². The van der Waals surface area contributed by atoms with E-state index in [4.69, 9.17) is 0 Å². The average Bonchev–Trinajstić information content (AvgIpc) is 2.63. The molecule has 0 spiro atoms. The number of nitro groups is 1. The molecule has 0 fully saturated rings. The van der Waals surface area contributed by atoms with Crippen LogP contribution in [0.25, 0.3) is 5.70 Å². The van der Waals surface area contributed by atoms with Gasteiger partial charge in [0.2, 0.25) is 6.41 Å². The zero-order valence-corrected chi connectivity index (χ0v) is 13.0. The van der Waals surface area contributed by atoms with Crippen molar-refractivity contribution in [3.8, 4) is 0 Å². The van der Waals surface area contributed by atoms with Crippen molar-refractivity contribution in [3.63, 3.8) is 0 Å². The fourth-order valence-electron chi connectivity index (χ4n) is 2.72. The van der Waals surface area contributed by atoms with Gasteiger partial charge in [-0.15, -0.1) is 0 Å². The van der Waals surface area contributed by atoms with Crippen molar-refractivity contribution in [2.45, 2.75) is 6.54 Å². The molecule has 1 aliphatic heterocycles. The summed E-state index contributed by atoms with van der Waals surface area (Å²) in [4.78, 5) is 25.3. The highest BCUT2D eigenvalue weighted by Gasteiger charge is 2.20. The molecule has 122 valence electrons. The Morgan fingerprint density at radius 2 is 1.75 bits per heavy atom. The number of nitro benzene ring substituents is 1. The Balaban J connectivity index is 1.90. The first-order chi connectivity index (χ1) is 11.7. The van der Waals surface area contributed by atoms with E-state index in [9.17, 15) is 14.9 Å². The highest BCUT2D eigenvalue weighted by Crippen LogP contribution is 2.26. The fraction of sp³-hybridized carbons (Fsp3) is 0.167. The second kappa shape index (κ2) is 6.95. The Morgan fingerprint density at radius 3 is 2.38 bits per heavy atom. The average molecular weight is 323 g/mol. The molecule has 1 aliphatic rings. The van der Waals surface area contributed by atoms with Crippen LogP contribution in [0.5, 0.6) is 0 Å². The molecule has 6 heteroatoms. The van der Waals surface area contributed by atoms with Crippen molar-refractivity contribution < 1.29 is 9.72 Å². The molecule has 6 nitrogen and oxygen atoms in total. The van der Waals surface area contributed by atoms with E-state index in [1.807, 2.05) is 18.2 Å². The summed E-state index contributed by atoms with van der Waals surface area (Å²) >= 11 is 0. The van der Waals surface area contributed by atoms with Crippen LogP contribution in [-0.2, 0) is 11.3 Å². The molecule has 0 saturated heterocycles. The van der Waals surface area contributed by atoms with Crippen LogP contribution in [0.1, 0.15) is 11.1 Å². The van der Waals surface area contributed by atoms with Gasteiger partial charge in [0, 0.05) is 38.0 Å². The molecule has 0 bridgehead atoms. The summed E-state index contributed by atoms with van der Waals surface area (Å²) in [6, 6.07) is 16.5. The smallest absolute Gasteiger partial charge is 0.269 e. The number of non-ortho nitro benzene ring substituents is 1. The normalized spacial score (nSPS) is 14.2. The molecule has 0 N–H and O–H groups in total. The third-order valence-corrected chi connectivity index (χ3v) is 3.98. The number of carbonyl (C=O) groups excluding carboxylic acids is 1. The third kappa shape index (κ3) is 3.43. The van der Waals surface area contributed by atoms with Crippen LogP contribution in [0.3, 0.4) is 0 Å². The van der Waals surface area contributed by atoms with Crippen molar-refractivity contribution in [2.75, 3.05) is 13.1 Å². The predicted octanol–water partition coefficient (Wildman–Crippen LogP) is 2.87. The van der Waals surface area contributed by atoms with Crippen molar-refractivity contribution in [1.82, 2.24) is 9.80 Å². The number of hydrogen-bond acceptors (Lipinski definition) is 4. The molecule has 2 aromatic carbocycles. The molecule has 0 atom stereocenters. The minimum atomic E-state index is -0.418. The molecule has 3 rings (SSSR count). The van der Waals surface area contributed by atoms with Gasteiger partial charge < -0.3 is 9.80 Å². The second-order valence-corrected chi connectivity index (χ2v) is 5.57. The number of nitrogens with zero attached hydrogens (tertiary/aromatic N) is 3. The summed E-state index contributed by atoms with van der Waals surface area (Å²) < 4.78 is 0. The largest absolute Gasteiger partial charge is 0.364 e. The van der Waals surface area contributed by atoms with E-state index in [1.54, 1.807) is 23.2 Å². The monoisotopic (exact) mass is 323 g/mol. The number of amides is 1. The zero-order chi connectivity index (χ0) is 16.9. The topological polar surface area (TPSA) is 66.7 Å². The van der Waals surface area contributed by atoms with Gasteiger partial charge in [-0.25, -0.2) is 0 Å². The van der Waals surface area contributed by atoms with Crippen LogP contribution in [0.15, 0.2) is 60.8 Å². The van der Waals surface area contributed by atoms with Gasteiger partial charge in [0.25, 0.3) is 5.69 Å². The van der Waals surface area contributed by atoms with E-state index in [2.05, 4.69) is 17.0 Å². The minimum absolute atomic E-state index is 0.0528. The van der Waals surface area contributed by atoms with Gasteiger partial charge in [-0.2, -0.15) is 0 Å². The van der Waals surface area contributed by atoms with Crippen molar-refractivity contribution >= 4 is 17.8 Å². The minimum Gasteiger partial charge on any atom is -0.364 e. The molecule has 0 unspecified atom stereocenters. The number of rotatable bonds is 5. The molecule has 0 aromatic heterocycles. The van der Waals surface area contributed by atoms with Crippen LogP contribution >= 0.6 is 0 Å². The first-order valence-corrected chi connectivity index (χ1v) is 7.64. The van der Waals surface area contributed by atoms with Gasteiger partial charge in [0.15, 0.2) is 0 Å². The number of carbonyl (C=O) groups is 1. The third-order valence-electron chi connectivity index (χ3n) is 3.98. The summed E-state index contributed by atoms with van der Waals surface area (Å²) in [6.07, 6.45) is 2.59. The van der Waals surface area contributed by atoms with E-state index in [-0.39, 0.29) is 5.69 Å². The Labute approximate surface area is 139 Å². The molecule has 24 heavy (non-hydrogen) atoms. The molecule has 2 aromatic rings. The summed E-state index contributed by atoms with van der Waals surface area (Å²) in [7, 11) is 0. The van der Waals surface area contributed by atoms with E-state index in [0.29, 0.717) is 13.1 Å². The van der Waals surface area contributed by atoms with E-state index in [1.165, 1.54) is 17.7 Å². The van der Waals surface area contributed by atoms with Crippen LogP contribution in [-0.4, -0.2) is 34.2 Å². The van der Waals surface area contributed by atoms with E-state index >= 15 is 0 Å². The zero-order valence-electron chi connectivity index (χ0n) is 13.0. The second-order valence-electron chi connectivity index (χ2n) is 5.57. The molecule has 0 aliphatic carbocycles. The number of hydrogen-bond donors (Lipinski definition) is 0. The SMILES string of the molecule is O=CN1C=C(c2ccc([N+](=O)[O-])cc2)N(Cc2ccccc2)CC1. The van der Waals surface area contributed by atoms with Gasteiger partial charge in [-0.05, 0) is 23.3 Å². The van der Waals surface area contributed by atoms with Crippen molar-refractivity contribution in [3.05, 3.63) is 82.0 Å². The quantitative estimate of drug-likeness (QED) is 0.482. The Hall–Kier alpha value is -3.15. The van der Waals surface area contributed by atoms with Crippen molar-refractivity contribution in [2.24, 2.45) is 0 Å². The molecular weight excluding hydrogens is 306 g/mol. The molecule has 1 heterocycles.